The average molecular weight is 361 g/mol. The second kappa shape index (κ2) is 6.52. The van der Waals surface area contributed by atoms with Gasteiger partial charge in [0.15, 0.2) is 0 Å². The van der Waals surface area contributed by atoms with Crippen LogP contribution in [0.1, 0.15) is 11.3 Å². The highest BCUT2D eigenvalue weighted by atomic mass is 32.1. The van der Waals surface area contributed by atoms with Crippen LogP contribution in [0.15, 0.2) is 21.7 Å². The van der Waals surface area contributed by atoms with Crippen LogP contribution in [0.3, 0.4) is 0 Å². The number of hydrogen-bond acceptors (Lipinski definition) is 8. The molecule has 0 saturated heterocycles. The molecule has 0 N–H and O–H groups in total. The summed E-state index contributed by atoms with van der Waals surface area (Å²) in [6.45, 7) is 1.51. The molecule has 0 bridgehead atoms. The van der Waals surface area contributed by atoms with E-state index in [1.165, 1.54) is 28.3 Å². The van der Waals surface area contributed by atoms with Crippen molar-refractivity contribution in [1.29, 1.82) is 0 Å². The van der Waals surface area contributed by atoms with Crippen LogP contribution in [0.25, 0.3) is 11.0 Å². The molecule has 0 spiro atoms. The Morgan fingerprint density at radius 1 is 1.08 bits per heavy atom. The summed E-state index contributed by atoms with van der Waals surface area (Å²) < 4.78 is 17.4. The number of benzene rings is 1. The summed E-state index contributed by atoms with van der Waals surface area (Å²) in [6, 6.07) is 3.38. The lowest BCUT2D eigenvalue weighted by atomic mass is 10.1. The lowest BCUT2D eigenvalue weighted by Gasteiger charge is -2.12. The first-order valence-corrected chi connectivity index (χ1v) is 8.02. The van der Waals surface area contributed by atoms with Gasteiger partial charge in [-0.05, 0) is 13.0 Å². The molecule has 8 nitrogen and oxygen atoms in total. The van der Waals surface area contributed by atoms with Crippen LogP contribution in [0.5, 0.6) is 17.2 Å². The molecule has 0 atom stereocenters. The molecule has 9 heteroatoms. The van der Waals surface area contributed by atoms with Gasteiger partial charge in [0.05, 0.1) is 31.4 Å². The van der Waals surface area contributed by atoms with E-state index in [1.54, 1.807) is 18.2 Å². The van der Waals surface area contributed by atoms with Gasteiger partial charge in [-0.3, -0.25) is 9.59 Å². The number of rotatable bonds is 4. The van der Waals surface area contributed by atoms with Crippen molar-refractivity contribution in [3.8, 4) is 17.2 Å². The highest BCUT2D eigenvalue weighted by Crippen LogP contribution is 2.34. The lowest BCUT2D eigenvalue weighted by Crippen LogP contribution is -2.27. The minimum absolute atomic E-state index is 0.165. The summed E-state index contributed by atoms with van der Waals surface area (Å²) >= 11 is 1.07. The number of fused-ring (bicyclic) bond motifs is 1. The number of ether oxygens (including phenoxy) is 3. The van der Waals surface area contributed by atoms with E-state index in [0.29, 0.717) is 27.3 Å². The third-order valence-corrected chi connectivity index (χ3v) is 4.53. The van der Waals surface area contributed by atoms with Crippen LogP contribution in [0.2, 0.25) is 0 Å². The molecule has 25 heavy (non-hydrogen) atoms. The Morgan fingerprint density at radius 2 is 1.72 bits per heavy atom. The van der Waals surface area contributed by atoms with Gasteiger partial charge in [0, 0.05) is 12.1 Å². The molecular formula is C16H15N3O5S. The standard InChI is InChI=1S/C16H15N3O5S/c1-8-14(20)17-16-19(18-8)15(21)13(25-16)7-10-11(23-3)5-9(22-2)6-12(10)24-4/h5-7H,1-4H3. The maximum atomic E-state index is 12.5. The van der Waals surface area contributed by atoms with Crippen LogP contribution in [-0.4, -0.2) is 35.9 Å². The molecule has 0 saturated carbocycles. The van der Waals surface area contributed by atoms with Crippen molar-refractivity contribution in [3.63, 3.8) is 0 Å². The van der Waals surface area contributed by atoms with Crippen molar-refractivity contribution in [1.82, 2.24) is 14.6 Å². The van der Waals surface area contributed by atoms with Gasteiger partial charge in [0.25, 0.3) is 11.1 Å². The predicted octanol–water partition coefficient (Wildman–Crippen LogP) is 0.393. The molecule has 0 radical (unpaired) electrons. The summed E-state index contributed by atoms with van der Waals surface area (Å²) in [7, 11) is 4.56. The maximum Gasteiger partial charge on any atom is 0.295 e. The number of aryl methyl sites for hydroxylation is 1. The molecule has 0 unspecified atom stereocenters. The Labute approximate surface area is 145 Å². The van der Waals surface area contributed by atoms with Crippen LogP contribution in [0.4, 0.5) is 0 Å². The highest BCUT2D eigenvalue weighted by molar-refractivity contribution is 7.15. The van der Waals surface area contributed by atoms with Crippen LogP contribution in [-0.2, 0) is 0 Å². The molecule has 2 heterocycles. The van der Waals surface area contributed by atoms with Crippen LogP contribution < -0.4 is 29.9 Å². The van der Waals surface area contributed by atoms with Crippen molar-refractivity contribution < 1.29 is 14.2 Å². The molecule has 0 aliphatic rings. The third kappa shape index (κ3) is 2.93. The van der Waals surface area contributed by atoms with Crippen molar-refractivity contribution in [2.75, 3.05) is 21.3 Å². The van der Waals surface area contributed by atoms with Gasteiger partial charge in [0.2, 0.25) is 4.96 Å². The van der Waals surface area contributed by atoms with Crippen molar-refractivity contribution in [2.45, 2.75) is 6.92 Å². The second-order valence-electron chi connectivity index (χ2n) is 5.06. The Bertz CT molecular complexity index is 1090. The number of thiazole rings is 1. The molecule has 0 aliphatic heterocycles. The summed E-state index contributed by atoms with van der Waals surface area (Å²) in [5.41, 5.74) is -0.0735. The summed E-state index contributed by atoms with van der Waals surface area (Å²) in [4.78, 5) is 28.3. The molecule has 0 aliphatic carbocycles. The Hall–Kier alpha value is -2.94. The van der Waals surface area contributed by atoms with E-state index < -0.39 is 5.56 Å². The van der Waals surface area contributed by atoms with Gasteiger partial charge < -0.3 is 14.2 Å². The molecule has 3 rings (SSSR count). The molecule has 3 aromatic rings. The van der Waals surface area contributed by atoms with Gasteiger partial charge in [0.1, 0.15) is 22.9 Å². The zero-order valence-corrected chi connectivity index (χ0v) is 14.8. The predicted molar refractivity (Wildman–Crippen MR) is 93.0 cm³/mol. The first kappa shape index (κ1) is 16.9. The normalized spacial score (nSPS) is 11.8. The fourth-order valence-electron chi connectivity index (χ4n) is 2.29. The Morgan fingerprint density at radius 3 is 2.28 bits per heavy atom. The molecule has 130 valence electrons. The van der Waals surface area contributed by atoms with E-state index >= 15 is 0 Å². The summed E-state index contributed by atoms with van der Waals surface area (Å²) in [5, 5.41) is 3.99. The number of aromatic nitrogens is 3. The van der Waals surface area contributed by atoms with E-state index in [-0.39, 0.29) is 16.2 Å². The van der Waals surface area contributed by atoms with Crippen molar-refractivity contribution in [3.05, 3.63) is 48.6 Å². The number of methoxy groups -OCH3 is 3. The van der Waals surface area contributed by atoms with Crippen LogP contribution >= 0.6 is 11.3 Å². The molecular weight excluding hydrogens is 346 g/mol. The van der Waals surface area contributed by atoms with E-state index in [1.807, 2.05) is 0 Å². The third-order valence-electron chi connectivity index (χ3n) is 3.57. The van der Waals surface area contributed by atoms with E-state index in [0.717, 1.165) is 15.9 Å². The summed E-state index contributed by atoms with van der Waals surface area (Å²) in [6.07, 6.45) is 1.63. The fraction of sp³-hybridized carbons (Fsp3) is 0.250. The van der Waals surface area contributed by atoms with Gasteiger partial charge in [-0.25, -0.2) is 0 Å². The van der Waals surface area contributed by atoms with Crippen molar-refractivity contribution >= 4 is 22.4 Å². The topological polar surface area (TPSA) is 92.0 Å². The number of nitrogens with zero attached hydrogens (tertiary/aromatic N) is 3. The van der Waals surface area contributed by atoms with Gasteiger partial charge in [-0.2, -0.15) is 14.6 Å². The van der Waals surface area contributed by atoms with E-state index in [9.17, 15) is 9.59 Å². The molecule has 0 fully saturated rings. The largest absolute Gasteiger partial charge is 0.496 e. The molecule has 1 aromatic carbocycles. The Balaban J connectivity index is 2.32. The van der Waals surface area contributed by atoms with Crippen molar-refractivity contribution in [2.24, 2.45) is 0 Å². The zero-order valence-electron chi connectivity index (χ0n) is 14.0. The van der Waals surface area contributed by atoms with Gasteiger partial charge >= 0.3 is 0 Å². The SMILES string of the molecule is COc1cc(OC)c(C=c2sc3nc(=O)c(C)nn3c2=O)c(OC)c1. The average Bonchev–Trinajstić information content (AvgIpc) is 2.90. The maximum absolute atomic E-state index is 12.5. The minimum atomic E-state index is -0.451. The number of hydrogen-bond donors (Lipinski definition) is 0. The monoisotopic (exact) mass is 361 g/mol. The summed E-state index contributed by atoms with van der Waals surface area (Å²) in [5.74, 6) is 1.54. The van der Waals surface area contributed by atoms with Gasteiger partial charge in [-0.15, -0.1) is 0 Å². The van der Waals surface area contributed by atoms with Gasteiger partial charge in [-0.1, -0.05) is 11.3 Å². The zero-order chi connectivity index (χ0) is 18.1. The molecule has 0 amide bonds. The fourth-order valence-corrected chi connectivity index (χ4v) is 3.18. The Kier molecular flexibility index (Phi) is 4.41. The highest BCUT2D eigenvalue weighted by Gasteiger charge is 2.14. The van der Waals surface area contributed by atoms with Crippen LogP contribution in [0, 0.1) is 6.92 Å². The van der Waals surface area contributed by atoms with E-state index in [4.69, 9.17) is 14.2 Å². The lowest BCUT2D eigenvalue weighted by molar-refractivity contribution is 0.374. The first-order chi connectivity index (χ1) is 12.0. The first-order valence-electron chi connectivity index (χ1n) is 7.20. The quantitative estimate of drug-likeness (QED) is 0.664. The second-order valence-corrected chi connectivity index (χ2v) is 6.07. The smallest absolute Gasteiger partial charge is 0.295 e. The molecule has 2 aromatic heterocycles. The minimum Gasteiger partial charge on any atom is -0.496 e. The van der Waals surface area contributed by atoms with E-state index in [2.05, 4.69) is 10.1 Å².